The molecule has 0 unspecified atom stereocenters. The molecule has 3 heteroatoms. The van der Waals surface area contributed by atoms with Gasteiger partial charge in [0.15, 0.2) is 0 Å². The molecule has 11 heavy (non-hydrogen) atoms. The van der Waals surface area contributed by atoms with Gasteiger partial charge in [-0.15, -0.1) is 0 Å². The minimum atomic E-state index is -1.11. The normalized spacial score (nSPS) is 8.45. The molecule has 0 bridgehead atoms. The minimum absolute atomic E-state index is 0. The van der Waals surface area contributed by atoms with Gasteiger partial charge >= 0.3 is 51.4 Å². The molecule has 0 aliphatic carbocycles. The predicted molar refractivity (Wildman–Crippen MR) is 35.5 cm³/mol. The van der Waals surface area contributed by atoms with Crippen LogP contribution in [0.25, 0.3) is 0 Å². The summed E-state index contributed by atoms with van der Waals surface area (Å²) in [5.41, 5.74) is 1.00. The first-order chi connectivity index (χ1) is 4.72. The Morgan fingerprint density at radius 2 is 1.91 bits per heavy atom. The van der Waals surface area contributed by atoms with Gasteiger partial charge < -0.3 is 9.90 Å². The molecule has 1 aromatic carbocycles. The number of benzene rings is 1. The maximum atomic E-state index is 10.3. The Bertz CT molecular complexity index is 258. The van der Waals surface area contributed by atoms with Crippen LogP contribution in [0.15, 0.2) is 24.3 Å². The van der Waals surface area contributed by atoms with Gasteiger partial charge in [0, 0.05) is 5.56 Å². The van der Waals surface area contributed by atoms with Crippen molar-refractivity contribution in [2.45, 2.75) is 6.92 Å². The Morgan fingerprint density at radius 1 is 1.36 bits per heavy atom. The molecule has 0 aliphatic heterocycles. The SMILES string of the molecule is Cc1ccccc1C(=O)[O-].[K+]. The van der Waals surface area contributed by atoms with Crippen LogP contribution in [0.2, 0.25) is 0 Å². The summed E-state index contributed by atoms with van der Waals surface area (Å²) in [4.78, 5) is 10.3. The van der Waals surface area contributed by atoms with Crippen molar-refractivity contribution < 1.29 is 61.3 Å². The van der Waals surface area contributed by atoms with Crippen LogP contribution in [0, 0.1) is 6.92 Å². The summed E-state index contributed by atoms with van der Waals surface area (Å²) in [5.74, 6) is -1.11. The number of carboxylic acids is 1. The van der Waals surface area contributed by atoms with E-state index in [2.05, 4.69) is 0 Å². The fourth-order valence-electron chi connectivity index (χ4n) is 0.802. The molecule has 0 radical (unpaired) electrons. The van der Waals surface area contributed by atoms with Crippen molar-refractivity contribution in [3.8, 4) is 0 Å². The number of carbonyl (C=O) groups excluding carboxylic acids is 1. The predicted octanol–water partition coefficient (Wildman–Crippen LogP) is -2.64. The Labute approximate surface area is 108 Å². The van der Waals surface area contributed by atoms with Crippen LogP contribution in [0.1, 0.15) is 15.9 Å². The molecule has 0 spiro atoms. The maximum absolute atomic E-state index is 10.3. The topological polar surface area (TPSA) is 40.1 Å². The zero-order valence-corrected chi connectivity index (χ0v) is 9.75. The minimum Gasteiger partial charge on any atom is -0.545 e. The second-order valence-corrected chi connectivity index (χ2v) is 2.10. The summed E-state index contributed by atoms with van der Waals surface area (Å²) >= 11 is 0. The summed E-state index contributed by atoms with van der Waals surface area (Å²) in [7, 11) is 0. The first kappa shape index (κ1) is 11.3. The van der Waals surface area contributed by atoms with Crippen LogP contribution in [0.5, 0.6) is 0 Å². The summed E-state index contributed by atoms with van der Waals surface area (Å²) in [6.07, 6.45) is 0. The van der Waals surface area contributed by atoms with Crippen molar-refractivity contribution in [2.24, 2.45) is 0 Å². The van der Waals surface area contributed by atoms with Gasteiger partial charge in [0.25, 0.3) is 0 Å². The van der Waals surface area contributed by atoms with Crippen molar-refractivity contribution in [3.63, 3.8) is 0 Å². The van der Waals surface area contributed by atoms with E-state index in [4.69, 9.17) is 0 Å². The number of carbonyl (C=O) groups is 1. The third kappa shape index (κ3) is 3.05. The second-order valence-electron chi connectivity index (χ2n) is 2.10. The number of aryl methyl sites for hydroxylation is 1. The molecule has 0 N–H and O–H groups in total. The fraction of sp³-hybridized carbons (Fsp3) is 0.125. The van der Waals surface area contributed by atoms with Gasteiger partial charge in [0.05, 0.1) is 5.97 Å². The molecule has 52 valence electrons. The van der Waals surface area contributed by atoms with E-state index in [1.807, 2.05) is 0 Å². The molecule has 0 fully saturated rings. The van der Waals surface area contributed by atoms with E-state index < -0.39 is 5.97 Å². The monoisotopic (exact) mass is 174 g/mol. The Balaban J connectivity index is 0.000001000. The Hall–Kier alpha value is 0.326. The van der Waals surface area contributed by atoms with Crippen LogP contribution in [-0.2, 0) is 0 Å². The molecular weight excluding hydrogens is 167 g/mol. The smallest absolute Gasteiger partial charge is 0.545 e. The van der Waals surface area contributed by atoms with E-state index in [-0.39, 0.29) is 56.9 Å². The van der Waals surface area contributed by atoms with E-state index in [0.29, 0.717) is 0 Å². The van der Waals surface area contributed by atoms with Gasteiger partial charge in [0.2, 0.25) is 0 Å². The van der Waals surface area contributed by atoms with Crippen molar-refractivity contribution in [3.05, 3.63) is 35.4 Å². The van der Waals surface area contributed by atoms with Gasteiger partial charge in [-0.25, -0.2) is 0 Å². The molecule has 0 aromatic heterocycles. The van der Waals surface area contributed by atoms with Crippen molar-refractivity contribution in [1.82, 2.24) is 0 Å². The fourth-order valence-corrected chi connectivity index (χ4v) is 0.802. The first-order valence-electron chi connectivity index (χ1n) is 2.99. The molecule has 0 aliphatic rings. The van der Waals surface area contributed by atoms with Gasteiger partial charge in [0.1, 0.15) is 0 Å². The number of rotatable bonds is 1. The van der Waals surface area contributed by atoms with E-state index >= 15 is 0 Å². The van der Waals surface area contributed by atoms with Crippen LogP contribution in [-0.4, -0.2) is 5.97 Å². The van der Waals surface area contributed by atoms with E-state index in [1.54, 1.807) is 25.1 Å². The number of carboxylic acid groups (broad SMARTS) is 1. The van der Waals surface area contributed by atoms with Gasteiger partial charge in [-0.3, -0.25) is 0 Å². The molecular formula is C8H7KO2. The summed E-state index contributed by atoms with van der Waals surface area (Å²) in [6.45, 7) is 1.74. The Kier molecular flexibility index (Phi) is 5.21. The molecule has 0 amide bonds. The van der Waals surface area contributed by atoms with Gasteiger partial charge in [-0.05, 0) is 12.5 Å². The van der Waals surface area contributed by atoms with Crippen LogP contribution in [0.4, 0.5) is 0 Å². The number of aromatic carboxylic acids is 1. The Morgan fingerprint density at radius 3 is 2.27 bits per heavy atom. The zero-order chi connectivity index (χ0) is 7.56. The molecule has 2 nitrogen and oxygen atoms in total. The third-order valence-corrected chi connectivity index (χ3v) is 1.36. The van der Waals surface area contributed by atoms with E-state index in [9.17, 15) is 9.90 Å². The summed E-state index contributed by atoms with van der Waals surface area (Å²) in [5, 5.41) is 10.3. The standard InChI is InChI=1S/C8H8O2.K/c1-6-4-2-3-5-7(6)8(9)10;/h2-5H,1H3,(H,9,10);/q;+1/p-1. The van der Waals surface area contributed by atoms with Crippen LogP contribution in [0.3, 0.4) is 0 Å². The van der Waals surface area contributed by atoms with Crippen LogP contribution >= 0.6 is 0 Å². The van der Waals surface area contributed by atoms with Crippen molar-refractivity contribution in [2.75, 3.05) is 0 Å². The quantitative estimate of drug-likeness (QED) is 0.437. The molecule has 0 saturated heterocycles. The van der Waals surface area contributed by atoms with Gasteiger partial charge in [-0.2, -0.15) is 0 Å². The summed E-state index contributed by atoms with van der Waals surface area (Å²) < 4.78 is 0. The molecule has 1 aromatic rings. The van der Waals surface area contributed by atoms with Crippen molar-refractivity contribution >= 4 is 5.97 Å². The number of hydrogen-bond donors (Lipinski definition) is 0. The molecule has 0 saturated carbocycles. The second kappa shape index (κ2) is 5.06. The summed E-state index contributed by atoms with van der Waals surface area (Å²) in [6, 6.07) is 6.75. The molecule has 1 rings (SSSR count). The average molecular weight is 174 g/mol. The third-order valence-electron chi connectivity index (χ3n) is 1.36. The first-order valence-corrected chi connectivity index (χ1v) is 2.99. The molecule has 0 atom stereocenters. The zero-order valence-electron chi connectivity index (χ0n) is 6.63. The van der Waals surface area contributed by atoms with Gasteiger partial charge in [-0.1, -0.05) is 24.3 Å². The van der Waals surface area contributed by atoms with E-state index in [1.165, 1.54) is 6.07 Å². The van der Waals surface area contributed by atoms with Crippen LogP contribution < -0.4 is 56.5 Å². The average Bonchev–Trinajstić information content (AvgIpc) is 1.88. The van der Waals surface area contributed by atoms with Crippen molar-refractivity contribution in [1.29, 1.82) is 0 Å². The largest absolute Gasteiger partial charge is 1.00 e. The van der Waals surface area contributed by atoms with E-state index in [0.717, 1.165) is 5.56 Å². The molecule has 0 heterocycles. The maximum Gasteiger partial charge on any atom is 1.00 e. The number of hydrogen-bond acceptors (Lipinski definition) is 2.